The van der Waals surface area contributed by atoms with Crippen LogP contribution in [0.2, 0.25) is 0 Å². The molecule has 7 heteroatoms. The third-order valence-electron chi connectivity index (χ3n) is 6.34. The second-order valence-electron chi connectivity index (χ2n) is 8.22. The van der Waals surface area contributed by atoms with Crippen molar-refractivity contribution in [2.75, 3.05) is 10.2 Å². The lowest BCUT2D eigenvalue weighted by Crippen LogP contribution is -2.54. The minimum Gasteiger partial charge on any atom is -0.324 e. The predicted octanol–water partition coefficient (Wildman–Crippen LogP) is 3.03. The monoisotopic (exact) mass is 453 g/mol. The van der Waals surface area contributed by atoms with E-state index in [4.69, 9.17) is 0 Å². The second kappa shape index (κ2) is 6.24. The normalized spacial score (nSPS) is 30.3. The van der Waals surface area contributed by atoms with Crippen molar-refractivity contribution < 1.29 is 14.4 Å². The lowest BCUT2D eigenvalue weighted by Gasteiger charge is -2.30. The number of carbonyl (C=O) groups is 3. The fourth-order valence-electron chi connectivity index (χ4n) is 5.13. The molecule has 6 nitrogen and oxygen atoms in total. The molecule has 148 valence electrons. The van der Waals surface area contributed by atoms with E-state index in [0.29, 0.717) is 11.4 Å². The molecular formula is C22H20BrN3O3. The van der Waals surface area contributed by atoms with E-state index in [1.54, 1.807) is 18.2 Å². The van der Waals surface area contributed by atoms with Crippen LogP contribution in [0.4, 0.5) is 11.4 Å². The molecule has 1 spiro atoms. The summed E-state index contributed by atoms with van der Waals surface area (Å²) in [5, 5.41) is 6.34. The number of nitrogens with zero attached hydrogens (tertiary/aromatic N) is 1. The number of amides is 3. The molecule has 2 aromatic rings. The molecule has 0 saturated carbocycles. The van der Waals surface area contributed by atoms with Crippen LogP contribution in [-0.2, 0) is 19.9 Å². The fraction of sp³-hybridized carbons (Fsp3) is 0.318. The Balaban J connectivity index is 1.70. The lowest BCUT2D eigenvalue weighted by atomic mass is 9.76. The van der Waals surface area contributed by atoms with Gasteiger partial charge in [-0.2, -0.15) is 0 Å². The van der Waals surface area contributed by atoms with Crippen LogP contribution < -0.4 is 15.5 Å². The number of hydrogen-bond donors (Lipinski definition) is 2. The molecular weight excluding hydrogens is 434 g/mol. The highest BCUT2D eigenvalue weighted by molar-refractivity contribution is 9.10. The quantitative estimate of drug-likeness (QED) is 0.684. The molecule has 4 atom stereocenters. The minimum absolute atomic E-state index is 0.0710. The number of fused-ring (bicyclic) bond motifs is 4. The molecule has 4 unspecified atom stereocenters. The Hall–Kier alpha value is -2.51. The number of halogens is 1. The van der Waals surface area contributed by atoms with Crippen molar-refractivity contribution in [3.05, 3.63) is 58.6 Å². The number of rotatable bonds is 2. The largest absolute Gasteiger partial charge is 0.324 e. The first kappa shape index (κ1) is 18.5. The number of carbonyl (C=O) groups excluding carboxylic acids is 3. The summed E-state index contributed by atoms with van der Waals surface area (Å²) < 4.78 is 0.782. The van der Waals surface area contributed by atoms with Gasteiger partial charge in [0, 0.05) is 21.8 Å². The minimum atomic E-state index is -1.23. The standard InChI is InChI=1S/C22H20BrN3O3/c1-11(2)18-16-17(20(28)26(19(16)27)13-7-5-6-12(23)10-13)22(25-18)14-8-3-4-9-15(14)24-21(22)29/h3-11,16-18,25H,1-2H3,(H,24,29). The summed E-state index contributed by atoms with van der Waals surface area (Å²) in [5.41, 5.74) is 0.715. The first-order chi connectivity index (χ1) is 13.9. The molecule has 3 aliphatic heterocycles. The Labute approximate surface area is 176 Å². The number of anilines is 2. The van der Waals surface area contributed by atoms with Gasteiger partial charge in [0.05, 0.1) is 17.5 Å². The van der Waals surface area contributed by atoms with Crippen molar-refractivity contribution in [3.8, 4) is 0 Å². The smallest absolute Gasteiger partial charge is 0.250 e. The van der Waals surface area contributed by atoms with E-state index in [-0.39, 0.29) is 29.7 Å². The van der Waals surface area contributed by atoms with E-state index in [1.165, 1.54) is 4.90 Å². The lowest BCUT2D eigenvalue weighted by molar-refractivity contribution is -0.130. The summed E-state index contributed by atoms with van der Waals surface area (Å²) in [6.45, 7) is 4.01. The van der Waals surface area contributed by atoms with Gasteiger partial charge in [-0.25, -0.2) is 4.90 Å². The maximum atomic E-state index is 13.7. The van der Waals surface area contributed by atoms with Crippen LogP contribution in [0, 0.1) is 17.8 Å². The van der Waals surface area contributed by atoms with Gasteiger partial charge in [0.25, 0.3) is 0 Å². The Morgan fingerprint density at radius 1 is 1.03 bits per heavy atom. The van der Waals surface area contributed by atoms with Gasteiger partial charge >= 0.3 is 0 Å². The summed E-state index contributed by atoms with van der Waals surface area (Å²) in [4.78, 5) is 41.7. The van der Waals surface area contributed by atoms with Gasteiger partial charge in [0.2, 0.25) is 17.7 Å². The highest BCUT2D eigenvalue weighted by atomic mass is 79.9. The van der Waals surface area contributed by atoms with Gasteiger partial charge in [-0.05, 0) is 30.2 Å². The Kier molecular flexibility index (Phi) is 3.98. The van der Waals surface area contributed by atoms with Crippen LogP contribution in [0.5, 0.6) is 0 Å². The molecule has 5 rings (SSSR count). The van der Waals surface area contributed by atoms with Crippen LogP contribution in [-0.4, -0.2) is 23.8 Å². The van der Waals surface area contributed by atoms with Crippen LogP contribution >= 0.6 is 15.9 Å². The molecule has 3 amide bonds. The number of nitrogens with one attached hydrogen (secondary N) is 2. The van der Waals surface area contributed by atoms with E-state index < -0.39 is 17.4 Å². The summed E-state index contributed by atoms with van der Waals surface area (Å²) in [7, 11) is 0. The average molecular weight is 454 g/mol. The average Bonchev–Trinajstić information content (AvgIpc) is 3.27. The van der Waals surface area contributed by atoms with Gasteiger partial charge < -0.3 is 5.32 Å². The van der Waals surface area contributed by atoms with E-state index in [2.05, 4.69) is 26.6 Å². The first-order valence-corrected chi connectivity index (χ1v) is 10.5. The third-order valence-corrected chi connectivity index (χ3v) is 6.83. The maximum absolute atomic E-state index is 13.7. The Bertz CT molecular complexity index is 1070. The number of para-hydroxylation sites is 1. The first-order valence-electron chi connectivity index (χ1n) is 9.68. The molecule has 0 bridgehead atoms. The van der Waals surface area contributed by atoms with Crippen LogP contribution in [0.3, 0.4) is 0 Å². The molecule has 3 heterocycles. The van der Waals surface area contributed by atoms with E-state index in [1.807, 2.05) is 44.2 Å². The summed E-state index contributed by atoms with van der Waals surface area (Å²) in [6.07, 6.45) is 0. The summed E-state index contributed by atoms with van der Waals surface area (Å²) in [5.74, 6) is -2.17. The van der Waals surface area contributed by atoms with E-state index >= 15 is 0 Å². The third kappa shape index (κ3) is 2.34. The highest BCUT2D eigenvalue weighted by Gasteiger charge is 2.70. The summed E-state index contributed by atoms with van der Waals surface area (Å²) >= 11 is 3.41. The number of benzene rings is 2. The van der Waals surface area contributed by atoms with Crippen molar-refractivity contribution in [1.29, 1.82) is 0 Å². The van der Waals surface area contributed by atoms with E-state index in [9.17, 15) is 14.4 Å². The molecule has 2 fully saturated rings. The SMILES string of the molecule is CC(C)C1NC2(C(=O)Nc3ccccc32)C2C(=O)N(c3cccc(Br)c3)C(=O)C12. The molecule has 0 radical (unpaired) electrons. The number of hydrogen-bond acceptors (Lipinski definition) is 4. The predicted molar refractivity (Wildman–Crippen MR) is 112 cm³/mol. The summed E-state index contributed by atoms with van der Waals surface area (Å²) in [6, 6.07) is 14.2. The molecule has 0 aliphatic carbocycles. The Morgan fingerprint density at radius 3 is 2.52 bits per heavy atom. The van der Waals surface area contributed by atoms with Crippen molar-refractivity contribution in [3.63, 3.8) is 0 Å². The maximum Gasteiger partial charge on any atom is 0.250 e. The van der Waals surface area contributed by atoms with Crippen LogP contribution in [0.1, 0.15) is 19.4 Å². The van der Waals surface area contributed by atoms with Crippen LogP contribution in [0.15, 0.2) is 53.0 Å². The van der Waals surface area contributed by atoms with E-state index in [0.717, 1.165) is 10.0 Å². The zero-order valence-corrected chi connectivity index (χ0v) is 17.6. The van der Waals surface area contributed by atoms with Crippen molar-refractivity contribution in [2.24, 2.45) is 17.8 Å². The van der Waals surface area contributed by atoms with Gasteiger partial charge in [-0.15, -0.1) is 0 Å². The van der Waals surface area contributed by atoms with Crippen molar-refractivity contribution in [1.82, 2.24) is 5.32 Å². The van der Waals surface area contributed by atoms with Gasteiger partial charge in [-0.3, -0.25) is 19.7 Å². The van der Waals surface area contributed by atoms with Gasteiger partial charge in [0.1, 0.15) is 5.54 Å². The van der Waals surface area contributed by atoms with Crippen molar-refractivity contribution in [2.45, 2.75) is 25.4 Å². The van der Waals surface area contributed by atoms with Crippen LogP contribution in [0.25, 0.3) is 0 Å². The van der Waals surface area contributed by atoms with Crippen molar-refractivity contribution >= 4 is 45.0 Å². The zero-order valence-electron chi connectivity index (χ0n) is 16.0. The topological polar surface area (TPSA) is 78.5 Å². The molecule has 0 aromatic heterocycles. The second-order valence-corrected chi connectivity index (χ2v) is 9.13. The fourth-order valence-corrected chi connectivity index (χ4v) is 5.52. The molecule has 2 N–H and O–H groups in total. The molecule has 3 aliphatic rings. The van der Waals surface area contributed by atoms with Gasteiger partial charge in [-0.1, -0.05) is 54.0 Å². The molecule has 2 saturated heterocycles. The molecule has 2 aromatic carbocycles. The van der Waals surface area contributed by atoms with Gasteiger partial charge in [0.15, 0.2) is 0 Å². The Morgan fingerprint density at radius 2 is 1.79 bits per heavy atom. The number of imide groups is 1. The highest BCUT2D eigenvalue weighted by Crippen LogP contribution is 2.54. The zero-order chi connectivity index (χ0) is 20.5. The molecule has 29 heavy (non-hydrogen) atoms.